The van der Waals surface area contributed by atoms with Crippen molar-refractivity contribution in [2.75, 3.05) is 32.1 Å². The van der Waals surface area contributed by atoms with Crippen molar-refractivity contribution >= 4 is 34.1 Å². The highest BCUT2D eigenvalue weighted by molar-refractivity contribution is 6.19. The summed E-state index contributed by atoms with van der Waals surface area (Å²) in [6.07, 6.45) is 3.44. The van der Waals surface area contributed by atoms with Gasteiger partial charge in [0.2, 0.25) is 0 Å². The number of phenolic OH excluding ortho intramolecular Hbond substituents is 2. The number of anilines is 1. The van der Waals surface area contributed by atoms with Crippen LogP contribution >= 0.6 is 0 Å². The summed E-state index contributed by atoms with van der Waals surface area (Å²) < 4.78 is 80.0. The summed E-state index contributed by atoms with van der Waals surface area (Å²) in [5.41, 5.74) is -1.53. The molecule has 1 saturated heterocycles. The second kappa shape index (κ2) is 17.5. The van der Waals surface area contributed by atoms with Gasteiger partial charge in [-0.1, -0.05) is 59.6 Å². The molecule has 2 aromatic rings. The minimum Gasteiger partial charge on any atom is -0.507 e. The number of hydrogen-bond donors (Lipinski definition) is 5. The summed E-state index contributed by atoms with van der Waals surface area (Å²) in [7, 11) is 1.42. The third kappa shape index (κ3) is 8.54. The standard InChI is InChI=1S/C46H62N4O11/c1-22(2)21-50-18-16-46(17-19-50)48-34-31-32-39(54)28(8)42-33(31)43(56)45(10,61-42)59-20-15-30(58-11)25(5)41(60-29(9)51)27(7)38(53)26(6)37(52)23(3)13-12-14-24(4)44(57)47-36(40(32)55)35(34)49-46/h12-15,20,22-23,25-27,30,37-38,41,52-55H,16-19,21H2,1-11H3,(H,47,57)/t23-,25+,26+,27+,30-,37-,38+,41+,45-/m0/s1/i1D3,2D3,22D. The number of ether oxygens (including phenoxy) is 4. The number of Topliss-reactive ketones (excluding diaryl/α,β-unsaturated/α-hetero) is 1. The van der Waals surface area contributed by atoms with Crippen LogP contribution in [0.25, 0.3) is 10.8 Å². The summed E-state index contributed by atoms with van der Waals surface area (Å²) >= 11 is 0. The number of carbonyl (C=O) groups excluding carboxylic acids is 3. The van der Waals surface area contributed by atoms with E-state index in [9.17, 15) is 34.8 Å². The van der Waals surface area contributed by atoms with E-state index in [0.717, 1.165) is 0 Å². The zero-order chi connectivity index (χ0) is 50.8. The Bertz CT molecular complexity index is 2560. The molecule has 1 spiro atoms. The lowest BCUT2D eigenvalue weighted by Gasteiger charge is -2.38. The van der Waals surface area contributed by atoms with E-state index in [1.807, 2.05) is 0 Å². The second-order valence-corrected chi connectivity index (χ2v) is 17.0. The number of nitrogens with zero attached hydrogens (tertiary/aromatic N) is 3. The molecule has 332 valence electrons. The maximum atomic E-state index is 14.8. The number of aliphatic hydroxyl groups excluding tert-OH is 2. The molecule has 4 bridgehead atoms. The van der Waals surface area contributed by atoms with Crippen molar-refractivity contribution < 1.29 is 63.4 Å². The van der Waals surface area contributed by atoms with Gasteiger partial charge in [0, 0.05) is 103 Å². The highest BCUT2D eigenvalue weighted by Crippen LogP contribution is 2.50. The van der Waals surface area contributed by atoms with Crippen molar-refractivity contribution in [1.82, 2.24) is 4.90 Å². The molecule has 1 amide bonds. The first-order valence-corrected chi connectivity index (χ1v) is 20.5. The van der Waals surface area contributed by atoms with Crippen LogP contribution < -0.4 is 20.8 Å². The zero-order valence-electron chi connectivity index (χ0n) is 43.0. The van der Waals surface area contributed by atoms with Crippen LogP contribution in [0.15, 0.2) is 46.1 Å². The lowest BCUT2D eigenvalue weighted by Crippen LogP contribution is -2.46. The molecule has 0 unspecified atom stereocenters. The van der Waals surface area contributed by atoms with Crippen molar-refractivity contribution in [1.29, 1.82) is 0 Å². The topological polar surface area (TPSA) is 209 Å². The Labute approximate surface area is 366 Å². The summed E-state index contributed by atoms with van der Waals surface area (Å²) in [4.78, 5) is 52.7. The monoisotopic (exact) mass is 853 g/mol. The number of piperidine rings is 1. The van der Waals surface area contributed by atoms with Gasteiger partial charge in [-0.05, 0) is 25.8 Å². The Kier molecular flexibility index (Phi) is 10.6. The van der Waals surface area contributed by atoms with E-state index in [1.165, 1.54) is 53.2 Å². The number of aromatic hydroxyl groups is 2. The quantitative estimate of drug-likeness (QED) is 0.209. The van der Waals surface area contributed by atoms with Crippen molar-refractivity contribution in [3.8, 4) is 17.2 Å². The maximum absolute atomic E-state index is 14.8. The molecule has 0 aliphatic carbocycles. The van der Waals surface area contributed by atoms with Gasteiger partial charge in [0.25, 0.3) is 11.7 Å². The SMILES string of the molecule is [2H]C([2H])([2H])C([2H])(CN1CCC2(CC1)N=c1c3c(O)c4c(O)c(C)c5c(c4c1=N2)C(=O)[C@@](C)(OC=C[C@H](OC)[C@@H](C)[C@@H](OC(C)=O)[C@H](C)[C@H](O)[C@H](C)[C@@H](O)[C@@H](C)C=CC=C(C)C(=O)N3)O5)C([2H])([2H])[2H]. The molecule has 15 nitrogen and oxygen atoms in total. The first-order valence-electron chi connectivity index (χ1n) is 24.0. The molecule has 0 aromatic heterocycles. The van der Waals surface area contributed by atoms with E-state index in [2.05, 4.69) is 5.32 Å². The van der Waals surface area contributed by atoms with Crippen LogP contribution in [0.4, 0.5) is 5.69 Å². The number of amides is 1. The molecule has 2 aromatic carbocycles. The first-order chi connectivity index (χ1) is 31.4. The summed E-state index contributed by atoms with van der Waals surface area (Å²) in [5.74, 6) is -10.8. The molecule has 6 rings (SSSR count). The number of allylic oxidation sites excluding steroid dienone is 2. The molecule has 4 aliphatic heterocycles. The number of rotatable bonds is 4. The van der Waals surface area contributed by atoms with E-state index in [0.29, 0.717) is 0 Å². The summed E-state index contributed by atoms with van der Waals surface area (Å²) in [6, 6.07) is 0. The summed E-state index contributed by atoms with van der Waals surface area (Å²) in [6.45, 7) is 5.59. The number of ketones is 1. The number of benzene rings is 2. The van der Waals surface area contributed by atoms with E-state index in [-0.39, 0.29) is 75.6 Å². The van der Waals surface area contributed by atoms with Gasteiger partial charge < -0.3 is 49.6 Å². The Morgan fingerprint density at radius 1 is 1.02 bits per heavy atom. The highest BCUT2D eigenvalue weighted by atomic mass is 16.7. The number of likely N-dealkylation sites (tertiary alicyclic amines) is 1. The van der Waals surface area contributed by atoms with Gasteiger partial charge in [-0.25, -0.2) is 0 Å². The molecule has 0 saturated carbocycles. The van der Waals surface area contributed by atoms with E-state index < -0.39 is 115 Å². The van der Waals surface area contributed by atoms with Gasteiger partial charge in [0.1, 0.15) is 28.6 Å². The third-order valence-corrected chi connectivity index (χ3v) is 12.6. The normalized spacial score (nSPS) is 33.0. The zero-order valence-corrected chi connectivity index (χ0v) is 36.0. The number of fused-ring (bicyclic) bond motifs is 1. The highest BCUT2D eigenvalue weighted by Gasteiger charge is 2.50. The number of esters is 1. The van der Waals surface area contributed by atoms with Gasteiger partial charge >= 0.3 is 11.8 Å². The van der Waals surface area contributed by atoms with Crippen LogP contribution in [0.2, 0.25) is 0 Å². The number of phenols is 2. The van der Waals surface area contributed by atoms with Gasteiger partial charge in [0.05, 0.1) is 40.9 Å². The van der Waals surface area contributed by atoms with Crippen LogP contribution in [0, 0.1) is 36.5 Å². The Morgan fingerprint density at radius 3 is 2.33 bits per heavy atom. The molecular weight excluding hydrogens is 785 g/mol. The lowest BCUT2D eigenvalue weighted by molar-refractivity contribution is -0.160. The fourth-order valence-corrected chi connectivity index (χ4v) is 8.88. The van der Waals surface area contributed by atoms with Gasteiger partial charge in [-0.3, -0.25) is 24.4 Å². The number of carbonyl (C=O) groups is 3. The number of aliphatic hydroxyl groups is 2. The third-order valence-electron chi connectivity index (χ3n) is 12.6. The molecule has 5 N–H and O–H groups in total. The second-order valence-electron chi connectivity index (χ2n) is 17.0. The minimum absolute atomic E-state index is 0.0127. The van der Waals surface area contributed by atoms with Gasteiger partial charge in [-0.15, -0.1) is 0 Å². The fourth-order valence-electron chi connectivity index (χ4n) is 8.88. The van der Waals surface area contributed by atoms with Crippen LogP contribution in [0.3, 0.4) is 0 Å². The van der Waals surface area contributed by atoms with E-state index >= 15 is 0 Å². The molecule has 0 radical (unpaired) electrons. The molecular formula is C46H62N4O11. The Hall–Kier alpha value is -4.83. The number of nitrogens with one attached hydrogen (secondary N) is 1. The predicted octanol–water partition coefficient (Wildman–Crippen LogP) is 4.75. The van der Waals surface area contributed by atoms with Gasteiger partial charge in [0.15, 0.2) is 11.4 Å². The minimum atomic E-state index is -3.15. The lowest BCUT2D eigenvalue weighted by atomic mass is 9.78. The molecule has 4 aliphatic rings. The fraction of sp³-hybridized carbons (Fsp3) is 0.587. The first kappa shape index (κ1) is 36.8. The van der Waals surface area contributed by atoms with Crippen LogP contribution in [0.1, 0.15) is 101 Å². The van der Waals surface area contributed by atoms with Crippen LogP contribution in [-0.2, 0) is 23.8 Å². The summed E-state index contributed by atoms with van der Waals surface area (Å²) in [5, 5.41) is 49.4. The Morgan fingerprint density at radius 2 is 1.69 bits per heavy atom. The number of methoxy groups -OCH3 is 1. The maximum Gasteiger partial charge on any atom is 0.312 e. The molecule has 9 atom stereocenters. The predicted molar refractivity (Wildman–Crippen MR) is 228 cm³/mol. The van der Waals surface area contributed by atoms with Gasteiger partial charge in [-0.2, -0.15) is 0 Å². The number of hydrogen-bond acceptors (Lipinski definition) is 14. The van der Waals surface area contributed by atoms with Crippen molar-refractivity contribution in [3.05, 3.63) is 58.0 Å². The van der Waals surface area contributed by atoms with E-state index in [1.54, 1.807) is 44.7 Å². The average molecular weight is 854 g/mol. The molecule has 15 heteroatoms. The largest absolute Gasteiger partial charge is 0.507 e. The average Bonchev–Trinajstić information content (AvgIpc) is 3.76. The Balaban J connectivity index is 1.52. The van der Waals surface area contributed by atoms with Crippen molar-refractivity contribution in [2.45, 2.75) is 118 Å². The smallest absolute Gasteiger partial charge is 0.312 e. The van der Waals surface area contributed by atoms with Crippen LogP contribution in [-0.4, -0.2) is 106 Å². The van der Waals surface area contributed by atoms with E-state index in [4.69, 9.17) is 38.5 Å². The molecule has 61 heavy (non-hydrogen) atoms. The van der Waals surface area contributed by atoms with Crippen molar-refractivity contribution in [2.24, 2.45) is 39.6 Å². The molecule has 1 fully saturated rings. The van der Waals surface area contributed by atoms with Crippen molar-refractivity contribution in [3.63, 3.8) is 0 Å². The van der Waals surface area contributed by atoms with Crippen LogP contribution in [0.5, 0.6) is 17.2 Å². The molecule has 4 heterocycles.